The topological polar surface area (TPSA) is 29.5 Å². The Labute approximate surface area is 64.1 Å². The van der Waals surface area contributed by atoms with E-state index in [0.717, 1.165) is 5.75 Å². The van der Waals surface area contributed by atoms with Crippen LogP contribution >= 0.6 is 11.3 Å². The van der Waals surface area contributed by atoms with Crippen molar-refractivity contribution in [2.45, 2.75) is 13.0 Å². The Balaban J connectivity index is 2.28. The smallest absolute Gasteiger partial charge is 0.130 e. The molecule has 10 heavy (non-hydrogen) atoms. The highest BCUT2D eigenvalue weighted by Crippen LogP contribution is 2.14. The van der Waals surface area contributed by atoms with Crippen LogP contribution in [-0.4, -0.2) is 17.8 Å². The molecule has 1 unspecified atom stereocenters. The molecule has 1 heterocycles. The molecule has 0 saturated carbocycles. The van der Waals surface area contributed by atoms with Crippen molar-refractivity contribution in [2.75, 3.05) is 6.61 Å². The van der Waals surface area contributed by atoms with Crippen LogP contribution in [0, 0.1) is 0 Å². The largest absolute Gasteiger partial charge is 0.490 e. The van der Waals surface area contributed by atoms with Gasteiger partial charge in [0.05, 0.1) is 6.10 Å². The molecular formula is C7H10O2S. The molecule has 0 radical (unpaired) electrons. The molecule has 3 heteroatoms. The van der Waals surface area contributed by atoms with E-state index in [1.54, 1.807) is 18.3 Å². The van der Waals surface area contributed by atoms with Crippen LogP contribution in [0.25, 0.3) is 0 Å². The van der Waals surface area contributed by atoms with E-state index in [9.17, 15) is 0 Å². The highest BCUT2D eigenvalue weighted by molar-refractivity contribution is 7.08. The van der Waals surface area contributed by atoms with Gasteiger partial charge >= 0.3 is 0 Å². The number of aliphatic hydroxyl groups is 1. The number of hydrogen-bond donors (Lipinski definition) is 1. The molecule has 0 aliphatic rings. The SMILES string of the molecule is CC(O)COc1ccsc1. The van der Waals surface area contributed by atoms with Gasteiger partial charge in [-0.15, -0.1) is 11.3 Å². The molecule has 0 bridgehead atoms. The predicted octanol–water partition coefficient (Wildman–Crippen LogP) is 1.51. The van der Waals surface area contributed by atoms with Crippen LogP contribution in [0.15, 0.2) is 16.8 Å². The van der Waals surface area contributed by atoms with E-state index in [1.807, 2.05) is 16.8 Å². The van der Waals surface area contributed by atoms with Crippen LogP contribution in [-0.2, 0) is 0 Å². The summed E-state index contributed by atoms with van der Waals surface area (Å²) < 4.78 is 5.17. The van der Waals surface area contributed by atoms with E-state index in [1.165, 1.54) is 0 Å². The molecule has 0 fully saturated rings. The summed E-state index contributed by atoms with van der Waals surface area (Å²) in [5, 5.41) is 12.7. The molecule has 1 rings (SSSR count). The summed E-state index contributed by atoms with van der Waals surface area (Å²) in [6.45, 7) is 2.07. The van der Waals surface area contributed by atoms with Crippen molar-refractivity contribution in [3.05, 3.63) is 16.8 Å². The normalized spacial score (nSPS) is 13.0. The number of thiophene rings is 1. The first-order valence-electron chi connectivity index (χ1n) is 3.12. The molecule has 56 valence electrons. The Kier molecular flexibility index (Phi) is 2.71. The summed E-state index contributed by atoms with van der Waals surface area (Å²) in [6, 6.07) is 1.88. The van der Waals surface area contributed by atoms with Gasteiger partial charge in [0.25, 0.3) is 0 Å². The van der Waals surface area contributed by atoms with Crippen LogP contribution in [0.2, 0.25) is 0 Å². The van der Waals surface area contributed by atoms with E-state index in [4.69, 9.17) is 9.84 Å². The third-order valence-corrected chi connectivity index (χ3v) is 1.65. The van der Waals surface area contributed by atoms with Crippen molar-refractivity contribution < 1.29 is 9.84 Å². The van der Waals surface area contributed by atoms with Crippen molar-refractivity contribution in [3.63, 3.8) is 0 Å². The highest BCUT2D eigenvalue weighted by Gasteiger charge is 1.96. The molecule has 1 N–H and O–H groups in total. The second-order valence-corrected chi connectivity index (χ2v) is 2.90. The van der Waals surface area contributed by atoms with E-state index >= 15 is 0 Å². The van der Waals surface area contributed by atoms with Gasteiger partial charge in [-0.1, -0.05) is 0 Å². The number of hydrogen-bond acceptors (Lipinski definition) is 3. The summed E-state index contributed by atoms with van der Waals surface area (Å²) in [6.07, 6.45) is -0.389. The Morgan fingerprint density at radius 2 is 2.60 bits per heavy atom. The van der Waals surface area contributed by atoms with Crippen LogP contribution in [0.3, 0.4) is 0 Å². The maximum atomic E-state index is 8.83. The lowest BCUT2D eigenvalue weighted by Crippen LogP contribution is -2.12. The van der Waals surface area contributed by atoms with Crippen molar-refractivity contribution in [3.8, 4) is 5.75 Å². The minimum absolute atomic E-state index is 0.372. The molecular weight excluding hydrogens is 148 g/mol. The van der Waals surface area contributed by atoms with Gasteiger partial charge in [0, 0.05) is 5.38 Å². The lowest BCUT2D eigenvalue weighted by Gasteiger charge is -2.04. The average Bonchev–Trinajstić information content (AvgIpc) is 2.34. The third-order valence-electron chi connectivity index (χ3n) is 0.986. The minimum atomic E-state index is -0.389. The van der Waals surface area contributed by atoms with Gasteiger partial charge in [-0.05, 0) is 18.4 Å². The first-order chi connectivity index (χ1) is 4.79. The fourth-order valence-electron chi connectivity index (χ4n) is 0.551. The Morgan fingerprint density at radius 3 is 3.10 bits per heavy atom. The van der Waals surface area contributed by atoms with E-state index in [0.29, 0.717) is 6.61 Å². The predicted molar refractivity (Wildman–Crippen MR) is 41.5 cm³/mol. The van der Waals surface area contributed by atoms with Gasteiger partial charge in [0.15, 0.2) is 0 Å². The highest BCUT2D eigenvalue weighted by atomic mass is 32.1. The molecule has 0 saturated heterocycles. The van der Waals surface area contributed by atoms with Crippen LogP contribution in [0.5, 0.6) is 5.75 Å². The van der Waals surface area contributed by atoms with E-state index < -0.39 is 0 Å². The van der Waals surface area contributed by atoms with Gasteiger partial charge in [-0.2, -0.15) is 0 Å². The van der Waals surface area contributed by atoms with E-state index in [-0.39, 0.29) is 6.10 Å². The summed E-state index contributed by atoms with van der Waals surface area (Å²) in [5.41, 5.74) is 0. The van der Waals surface area contributed by atoms with Gasteiger partial charge in [-0.3, -0.25) is 0 Å². The Morgan fingerprint density at radius 1 is 1.80 bits per heavy atom. The molecule has 1 aromatic rings. The standard InChI is InChI=1S/C7H10O2S/c1-6(8)4-9-7-2-3-10-5-7/h2-3,5-6,8H,4H2,1H3. The lowest BCUT2D eigenvalue weighted by atomic mass is 10.4. The number of ether oxygens (including phenoxy) is 1. The van der Waals surface area contributed by atoms with E-state index in [2.05, 4.69) is 0 Å². The zero-order valence-corrected chi connectivity index (χ0v) is 6.60. The summed E-state index contributed by atoms with van der Waals surface area (Å²) in [4.78, 5) is 0. The van der Waals surface area contributed by atoms with Crippen LogP contribution < -0.4 is 4.74 Å². The second kappa shape index (κ2) is 3.58. The number of rotatable bonds is 3. The number of aliphatic hydroxyl groups excluding tert-OH is 1. The molecule has 0 aliphatic carbocycles. The maximum Gasteiger partial charge on any atom is 0.130 e. The summed E-state index contributed by atoms with van der Waals surface area (Å²) in [5.74, 6) is 0.839. The second-order valence-electron chi connectivity index (χ2n) is 2.12. The van der Waals surface area contributed by atoms with Crippen molar-refractivity contribution in [1.82, 2.24) is 0 Å². The monoisotopic (exact) mass is 158 g/mol. The fourth-order valence-corrected chi connectivity index (χ4v) is 1.12. The summed E-state index contributed by atoms with van der Waals surface area (Å²) in [7, 11) is 0. The van der Waals surface area contributed by atoms with Crippen LogP contribution in [0.1, 0.15) is 6.92 Å². The van der Waals surface area contributed by atoms with Gasteiger partial charge < -0.3 is 9.84 Å². The first kappa shape index (κ1) is 7.57. The van der Waals surface area contributed by atoms with Crippen molar-refractivity contribution in [1.29, 1.82) is 0 Å². The first-order valence-corrected chi connectivity index (χ1v) is 4.06. The summed E-state index contributed by atoms with van der Waals surface area (Å²) >= 11 is 1.58. The fraction of sp³-hybridized carbons (Fsp3) is 0.429. The Hall–Kier alpha value is -0.540. The van der Waals surface area contributed by atoms with Gasteiger partial charge in [0.2, 0.25) is 0 Å². The lowest BCUT2D eigenvalue weighted by molar-refractivity contribution is 0.123. The molecule has 2 nitrogen and oxygen atoms in total. The molecule has 1 atom stereocenters. The van der Waals surface area contributed by atoms with Gasteiger partial charge in [0.1, 0.15) is 12.4 Å². The maximum absolute atomic E-state index is 8.83. The molecule has 0 aliphatic heterocycles. The molecule has 0 spiro atoms. The Bertz CT molecular complexity index is 170. The van der Waals surface area contributed by atoms with Crippen LogP contribution in [0.4, 0.5) is 0 Å². The van der Waals surface area contributed by atoms with Crippen molar-refractivity contribution in [2.24, 2.45) is 0 Å². The quantitative estimate of drug-likeness (QED) is 0.722. The zero-order valence-electron chi connectivity index (χ0n) is 5.78. The molecule has 0 aromatic carbocycles. The zero-order chi connectivity index (χ0) is 7.40. The van der Waals surface area contributed by atoms with Crippen molar-refractivity contribution >= 4 is 11.3 Å². The van der Waals surface area contributed by atoms with Gasteiger partial charge in [-0.25, -0.2) is 0 Å². The molecule has 1 aromatic heterocycles. The molecule has 0 amide bonds. The third kappa shape index (κ3) is 2.37. The average molecular weight is 158 g/mol. The minimum Gasteiger partial charge on any atom is -0.490 e.